The predicted molar refractivity (Wildman–Crippen MR) is 112 cm³/mol. The molecule has 6 nitrogen and oxygen atoms in total. The summed E-state index contributed by atoms with van der Waals surface area (Å²) in [4.78, 5) is 24.6. The number of rotatable bonds is 5. The molecular formula is C22H17N3O3S. The molecule has 4 rings (SSSR count). The maximum atomic E-state index is 12.5. The SMILES string of the molecule is N#CC1=C(SCC(=O)Nc2cccc3ccccc23)NC(=O)CC1c1ccco1. The number of benzene rings is 2. The number of fused-ring (bicyclic) bond motifs is 1. The summed E-state index contributed by atoms with van der Waals surface area (Å²) in [5.41, 5.74) is 1.13. The molecule has 1 unspecified atom stereocenters. The second-order valence-electron chi connectivity index (χ2n) is 6.54. The van der Waals surface area contributed by atoms with Crippen LogP contribution < -0.4 is 10.6 Å². The van der Waals surface area contributed by atoms with Crippen molar-refractivity contribution in [2.45, 2.75) is 12.3 Å². The molecule has 2 heterocycles. The Hall–Kier alpha value is -3.50. The van der Waals surface area contributed by atoms with Crippen LogP contribution in [-0.4, -0.2) is 17.6 Å². The summed E-state index contributed by atoms with van der Waals surface area (Å²) in [7, 11) is 0. The highest BCUT2D eigenvalue weighted by atomic mass is 32.2. The topological polar surface area (TPSA) is 95.1 Å². The van der Waals surface area contributed by atoms with Gasteiger partial charge in [-0.1, -0.05) is 48.2 Å². The van der Waals surface area contributed by atoms with Crippen molar-refractivity contribution in [3.05, 3.63) is 77.2 Å². The fourth-order valence-corrected chi connectivity index (χ4v) is 4.20. The van der Waals surface area contributed by atoms with Crippen LogP contribution in [0.25, 0.3) is 10.8 Å². The van der Waals surface area contributed by atoms with Gasteiger partial charge in [-0.2, -0.15) is 5.26 Å². The number of allylic oxidation sites excluding steroid dienone is 1. The number of hydrogen-bond donors (Lipinski definition) is 2. The van der Waals surface area contributed by atoms with Crippen molar-refractivity contribution in [1.29, 1.82) is 5.26 Å². The summed E-state index contributed by atoms with van der Waals surface area (Å²) >= 11 is 1.14. The van der Waals surface area contributed by atoms with E-state index in [1.807, 2.05) is 42.5 Å². The van der Waals surface area contributed by atoms with E-state index in [4.69, 9.17) is 4.42 Å². The van der Waals surface area contributed by atoms with E-state index >= 15 is 0 Å². The number of carbonyl (C=O) groups is 2. The van der Waals surface area contributed by atoms with Crippen molar-refractivity contribution in [2.75, 3.05) is 11.1 Å². The molecule has 2 amide bonds. The van der Waals surface area contributed by atoms with E-state index in [0.29, 0.717) is 16.4 Å². The third-order valence-electron chi connectivity index (χ3n) is 4.65. The van der Waals surface area contributed by atoms with Gasteiger partial charge in [-0.15, -0.1) is 0 Å². The van der Waals surface area contributed by atoms with E-state index in [0.717, 1.165) is 28.2 Å². The lowest BCUT2D eigenvalue weighted by atomic mass is 9.92. The number of furan rings is 1. The third-order valence-corrected chi connectivity index (χ3v) is 5.67. The number of carbonyl (C=O) groups excluding carboxylic acids is 2. The number of nitriles is 1. The van der Waals surface area contributed by atoms with Gasteiger partial charge < -0.3 is 15.1 Å². The number of anilines is 1. The molecule has 0 bridgehead atoms. The first-order valence-electron chi connectivity index (χ1n) is 9.03. The third kappa shape index (κ3) is 4.03. The predicted octanol–water partition coefficient (Wildman–Crippen LogP) is 4.14. The lowest BCUT2D eigenvalue weighted by Crippen LogP contribution is -2.31. The van der Waals surface area contributed by atoms with Crippen LogP contribution in [0.15, 0.2) is 75.9 Å². The van der Waals surface area contributed by atoms with Crippen LogP contribution in [0.3, 0.4) is 0 Å². The first kappa shape index (κ1) is 18.8. The van der Waals surface area contributed by atoms with Gasteiger partial charge in [-0.05, 0) is 23.6 Å². The molecule has 2 N–H and O–H groups in total. The normalized spacial score (nSPS) is 16.4. The molecule has 7 heteroatoms. The van der Waals surface area contributed by atoms with Crippen LogP contribution in [-0.2, 0) is 9.59 Å². The Labute approximate surface area is 171 Å². The summed E-state index contributed by atoms with van der Waals surface area (Å²) in [6.45, 7) is 0. The van der Waals surface area contributed by atoms with Crippen molar-refractivity contribution in [3.63, 3.8) is 0 Å². The molecule has 2 aromatic carbocycles. The Balaban J connectivity index is 1.50. The van der Waals surface area contributed by atoms with Crippen molar-refractivity contribution >= 4 is 40.0 Å². The minimum Gasteiger partial charge on any atom is -0.469 e. The number of hydrogen-bond acceptors (Lipinski definition) is 5. The Morgan fingerprint density at radius 1 is 1.21 bits per heavy atom. The second-order valence-corrected chi connectivity index (χ2v) is 7.52. The van der Waals surface area contributed by atoms with E-state index < -0.39 is 5.92 Å². The van der Waals surface area contributed by atoms with Crippen LogP contribution in [0.2, 0.25) is 0 Å². The van der Waals surface area contributed by atoms with E-state index in [2.05, 4.69) is 16.7 Å². The molecule has 0 fully saturated rings. The van der Waals surface area contributed by atoms with E-state index in [1.165, 1.54) is 6.26 Å². The zero-order valence-electron chi connectivity index (χ0n) is 15.3. The largest absolute Gasteiger partial charge is 0.469 e. The molecule has 3 aromatic rings. The van der Waals surface area contributed by atoms with Gasteiger partial charge in [0, 0.05) is 17.5 Å². The monoisotopic (exact) mass is 403 g/mol. The Morgan fingerprint density at radius 2 is 2.03 bits per heavy atom. The van der Waals surface area contributed by atoms with Gasteiger partial charge in [0.05, 0.1) is 34.6 Å². The molecule has 0 saturated heterocycles. The van der Waals surface area contributed by atoms with Crippen LogP contribution in [0.5, 0.6) is 0 Å². The highest BCUT2D eigenvalue weighted by molar-refractivity contribution is 8.03. The molecule has 0 radical (unpaired) electrons. The number of thioether (sulfide) groups is 1. The van der Waals surface area contributed by atoms with Gasteiger partial charge >= 0.3 is 0 Å². The summed E-state index contributed by atoms with van der Waals surface area (Å²) < 4.78 is 5.39. The number of nitrogens with zero attached hydrogens (tertiary/aromatic N) is 1. The van der Waals surface area contributed by atoms with Crippen molar-refractivity contribution in [2.24, 2.45) is 0 Å². The van der Waals surface area contributed by atoms with Gasteiger partial charge in [-0.3, -0.25) is 9.59 Å². The van der Waals surface area contributed by atoms with Crippen molar-refractivity contribution in [3.8, 4) is 6.07 Å². The first-order chi connectivity index (χ1) is 14.2. The fourth-order valence-electron chi connectivity index (χ4n) is 3.32. The smallest absolute Gasteiger partial charge is 0.234 e. The van der Waals surface area contributed by atoms with Crippen molar-refractivity contribution < 1.29 is 14.0 Å². The maximum Gasteiger partial charge on any atom is 0.234 e. The average molecular weight is 403 g/mol. The molecule has 1 aliphatic rings. The van der Waals surface area contributed by atoms with E-state index in [9.17, 15) is 14.9 Å². The fraction of sp³-hybridized carbons (Fsp3) is 0.136. The number of amides is 2. The second kappa shape index (κ2) is 8.25. The lowest BCUT2D eigenvalue weighted by Gasteiger charge is -2.23. The molecule has 0 saturated carbocycles. The zero-order valence-corrected chi connectivity index (χ0v) is 16.2. The molecule has 0 aliphatic carbocycles. The molecule has 29 heavy (non-hydrogen) atoms. The Morgan fingerprint density at radius 3 is 2.83 bits per heavy atom. The van der Waals surface area contributed by atoms with Crippen LogP contribution in [0, 0.1) is 11.3 Å². The quantitative estimate of drug-likeness (QED) is 0.667. The summed E-state index contributed by atoms with van der Waals surface area (Å²) in [6, 6.07) is 19.1. The summed E-state index contributed by atoms with van der Waals surface area (Å²) in [5.74, 6) is -0.232. The highest BCUT2D eigenvalue weighted by Gasteiger charge is 2.31. The van der Waals surface area contributed by atoms with Crippen molar-refractivity contribution in [1.82, 2.24) is 5.32 Å². The molecule has 0 spiro atoms. The van der Waals surface area contributed by atoms with Crippen LogP contribution in [0.1, 0.15) is 18.1 Å². The maximum absolute atomic E-state index is 12.5. The standard InChI is InChI=1S/C22H17N3O3S/c23-12-17-16(19-9-4-10-28-19)11-20(26)25-22(17)29-13-21(27)24-18-8-3-6-14-5-1-2-7-15(14)18/h1-10,16H,11,13H2,(H,24,27)(H,25,26). The van der Waals surface area contributed by atoms with Crippen LogP contribution >= 0.6 is 11.8 Å². The summed E-state index contributed by atoms with van der Waals surface area (Å²) in [6.07, 6.45) is 1.66. The van der Waals surface area contributed by atoms with Gasteiger partial charge in [0.1, 0.15) is 5.76 Å². The van der Waals surface area contributed by atoms with E-state index in [1.54, 1.807) is 12.1 Å². The Bertz CT molecular complexity index is 1140. The lowest BCUT2D eigenvalue weighted by molar-refractivity contribution is -0.121. The molecule has 1 aromatic heterocycles. The zero-order chi connectivity index (χ0) is 20.2. The minimum absolute atomic E-state index is 0.0644. The highest BCUT2D eigenvalue weighted by Crippen LogP contribution is 2.36. The van der Waals surface area contributed by atoms with Gasteiger partial charge in [0.15, 0.2) is 0 Å². The summed E-state index contributed by atoms with van der Waals surface area (Å²) in [5, 5.41) is 17.6. The van der Waals surface area contributed by atoms with Crippen LogP contribution in [0.4, 0.5) is 5.69 Å². The average Bonchev–Trinajstić information content (AvgIpc) is 3.27. The van der Waals surface area contributed by atoms with E-state index in [-0.39, 0.29) is 24.0 Å². The first-order valence-corrected chi connectivity index (χ1v) is 10.0. The minimum atomic E-state index is -0.438. The Kier molecular flexibility index (Phi) is 5.36. The molecular weight excluding hydrogens is 386 g/mol. The molecule has 1 atom stereocenters. The van der Waals surface area contributed by atoms with Gasteiger partial charge in [0.25, 0.3) is 0 Å². The molecule has 144 valence electrons. The number of nitrogens with one attached hydrogen (secondary N) is 2. The van der Waals surface area contributed by atoms with Gasteiger partial charge in [0.2, 0.25) is 11.8 Å². The molecule has 1 aliphatic heterocycles. The van der Waals surface area contributed by atoms with Gasteiger partial charge in [-0.25, -0.2) is 0 Å².